The van der Waals surface area contributed by atoms with Crippen molar-refractivity contribution < 1.29 is 9.59 Å². The summed E-state index contributed by atoms with van der Waals surface area (Å²) in [7, 11) is 0. The molecule has 1 aromatic carbocycles. The maximum absolute atomic E-state index is 11.8. The Morgan fingerprint density at radius 2 is 2.14 bits per heavy atom. The Kier molecular flexibility index (Phi) is 4.55. The Hall–Kier alpha value is -2.83. The molecule has 0 aliphatic heterocycles. The Balaban J connectivity index is 1.84. The summed E-state index contributed by atoms with van der Waals surface area (Å²) in [6, 6.07) is 7.43. The van der Waals surface area contributed by atoms with Gasteiger partial charge in [-0.1, -0.05) is 12.1 Å². The summed E-state index contributed by atoms with van der Waals surface area (Å²) >= 11 is 0. The van der Waals surface area contributed by atoms with Crippen LogP contribution in [0.2, 0.25) is 0 Å². The molecule has 21 heavy (non-hydrogen) atoms. The number of aryl methyl sites for hydroxylation is 1. The van der Waals surface area contributed by atoms with Crippen molar-refractivity contribution in [3.63, 3.8) is 0 Å². The van der Waals surface area contributed by atoms with E-state index in [2.05, 4.69) is 10.4 Å². The van der Waals surface area contributed by atoms with Gasteiger partial charge in [-0.25, -0.2) is 0 Å². The van der Waals surface area contributed by atoms with Gasteiger partial charge in [0.05, 0.1) is 11.9 Å². The van der Waals surface area contributed by atoms with Crippen molar-refractivity contribution in [3.05, 3.63) is 42.2 Å². The summed E-state index contributed by atoms with van der Waals surface area (Å²) < 4.78 is 1.37. The maximum atomic E-state index is 11.8. The van der Waals surface area contributed by atoms with Gasteiger partial charge >= 0.3 is 0 Å². The lowest BCUT2D eigenvalue weighted by Crippen LogP contribution is -2.18. The molecule has 0 saturated heterocycles. The van der Waals surface area contributed by atoms with Crippen LogP contribution in [0.15, 0.2) is 36.7 Å². The molecule has 0 spiro atoms. The summed E-state index contributed by atoms with van der Waals surface area (Å²) in [5.41, 5.74) is 13.0. The molecule has 5 N–H and O–H groups in total. The maximum Gasteiger partial charge on any atom is 0.239 e. The molecule has 1 heterocycles. The van der Waals surface area contributed by atoms with Gasteiger partial charge in [0.15, 0.2) is 0 Å². The van der Waals surface area contributed by atoms with Crippen molar-refractivity contribution in [2.45, 2.75) is 19.4 Å². The first-order chi connectivity index (χ1) is 10.0. The highest BCUT2D eigenvalue weighted by Gasteiger charge is 2.06. The number of anilines is 2. The van der Waals surface area contributed by atoms with Gasteiger partial charge in [0.1, 0.15) is 6.54 Å². The predicted molar refractivity (Wildman–Crippen MR) is 79.2 cm³/mol. The molecule has 0 aliphatic rings. The average Bonchev–Trinajstić information content (AvgIpc) is 2.83. The van der Waals surface area contributed by atoms with Gasteiger partial charge in [0, 0.05) is 18.3 Å². The second-order valence-corrected chi connectivity index (χ2v) is 4.69. The second kappa shape index (κ2) is 6.56. The predicted octanol–water partition coefficient (Wildman–Crippen LogP) is 0.522. The van der Waals surface area contributed by atoms with E-state index < -0.39 is 5.91 Å². The Bertz CT molecular complexity index is 650. The van der Waals surface area contributed by atoms with Crippen LogP contribution < -0.4 is 16.8 Å². The van der Waals surface area contributed by atoms with Crippen molar-refractivity contribution in [2.24, 2.45) is 5.73 Å². The van der Waals surface area contributed by atoms with Crippen molar-refractivity contribution in [1.29, 1.82) is 0 Å². The number of hydrogen-bond donors (Lipinski definition) is 3. The Labute approximate surface area is 121 Å². The third-order valence-corrected chi connectivity index (χ3v) is 2.83. The van der Waals surface area contributed by atoms with Gasteiger partial charge in [-0.05, 0) is 24.1 Å². The summed E-state index contributed by atoms with van der Waals surface area (Å²) in [5, 5.41) is 6.64. The number of nitrogen functional groups attached to an aromatic ring is 1. The molecule has 2 amide bonds. The number of rotatable bonds is 6. The highest BCUT2D eigenvalue weighted by molar-refractivity contribution is 5.90. The van der Waals surface area contributed by atoms with Crippen LogP contribution in [-0.4, -0.2) is 21.6 Å². The monoisotopic (exact) mass is 287 g/mol. The first-order valence-corrected chi connectivity index (χ1v) is 6.48. The molecule has 1 aromatic heterocycles. The van der Waals surface area contributed by atoms with E-state index in [9.17, 15) is 9.59 Å². The molecule has 0 atom stereocenters. The lowest BCUT2D eigenvalue weighted by molar-refractivity contribution is -0.118. The number of nitrogens with two attached hydrogens (primary N) is 2. The fourth-order valence-electron chi connectivity index (χ4n) is 1.90. The lowest BCUT2D eigenvalue weighted by Gasteiger charge is -2.03. The van der Waals surface area contributed by atoms with E-state index in [1.165, 1.54) is 10.9 Å². The SMILES string of the molecule is NC(=O)Cn1cc(NC(=O)CCc2cccc(N)c2)cn1. The highest BCUT2D eigenvalue weighted by atomic mass is 16.2. The summed E-state index contributed by atoms with van der Waals surface area (Å²) in [6.07, 6.45) is 3.97. The molecule has 110 valence electrons. The Morgan fingerprint density at radius 1 is 1.33 bits per heavy atom. The number of hydrogen-bond acceptors (Lipinski definition) is 4. The standard InChI is InChI=1S/C14H17N5O2/c15-11-3-1-2-10(6-11)4-5-14(21)18-12-7-17-19(8-12)9-13(16)20/h1-3,6-8H,4-5,9,15H2,(H2,16,20)(H,18,21). The molecule has 7 nitrogen and oxygen atoms in total. The number of aromatic nitrogens is 2. The van der Waals surface area contributed by atoms with E-state index in [1.807, 2.05) is 18.2 Å². The minimum Gasteiger partial charge on any atom is -0.399 e. The lowest BCUT2D eigenvalue weighted by atomic mass is 10.1. The highest BCUT2D eigenvalue weighted by Crippen LogP contribution is 2.10. The topological polar surface area (TPSA) is 116 Å². The molecule has 0 radical (unpaired) electrons. The van der Waals surface area contributed by atoms with Crippen LogP contribution in [0.1, 0.15) is 12.0 Å². The van der Waals surface area contributed by atoms with Crippen LogP contribution in [0, 0.1) is 0 Å². The zero-order valence-electron chi connectivity index (χ0n) is 11.5. The van der Waals surface area contributed by atoms with Crippen molar-refractivity contribution in [1.82, 2.24) is 9.78 Å². The number of carbonyl (C=O) groups excluding carboxylic acids is 2. The van der Waals surface area contributed by atoms with Gasteiger partial charge in [0.25, 0.3) is 0 Å². The van der Waals surface area contributed by atoms with Gasteiger partial charge < -0.3 is 16.8 Å². The molecular formula is C14H17N5O2. The average molecular weight is 287 g/mol. The van der Waals surface area contributed by atoms with Gasteiger partial charge in [-0.3, -0.25) is 14.3 Å². The normalized spacial score (nSPS) is 10.3. The molecule has 0 aliphatic carbocycles. The fraction of sp³-hybridized carbons (Fsp3) is 0.214. The molecule has 2 rings (SSSR count). The van der Waals surface area contributed by atoms with Crippen LogP contribution in [-0.2, 0) is 22.6 Å². The number of carbonyl (C=O) groups is 2. The number of benzene rings is 1. The van der Waals surface area contributed by atoms with E-state index in [4.69, 9.17) is 11.5 Å². The van der Waals surface area contributed by atoms with Crippen LogP contribution >= 0.6 is 0 Å². The van der Waals surface area contributed by atoms with Gasteiger partial charge in [0.2, 0.25) is 11.8 Å². The minimum atomic E-state index is -0.488. The molecule has 0 saturated carbocycles. The molecule has 0 bridgehead atoms. The zero-order chi connectivity index (χ0) is 15.2. The van der Waals surface area contributed by atoms with Gasteiger partial charge in [-0.15, -0.1) is 0 Å². The van der Waals surface area contributed by atoms with Crippen molar-refractivity contribution in [3.8, 4) is 0 Å². The molecule has 0 fully saturated rings. The molecule has 7 heteroatoms. The second-order valence-electron chi connectivity index (χ2n) is 4.69. The zero-order valence-corrected chi connectivity index (χ0v) is 11.5. The third kappa shape index (κ3) is 4.64. The van der Waals surface area contributed by atoms with Crippen LogP contribution in [0.4, 0.5) is 11.4 Å². The van der Waals surface area contributed by atoms with Crippen LogP contribution in [0.3, 0.4) is 0 Å². The van der Waals surface area contributed by atoms with E-state index >= 15 is 0 Å². The third-order valence-electron chi connectivity index (χ3n) is 2.83. The first kappa shape index (κ1) is 14.6. The number of amides is 2. The quantitative estimate of drug-likeness (QED) is 0.671. The first-order valence-electron chi connectivity index (χ1n) is 6.48. The number of primary amides is 1. The van der Waals surface area contributed by atoms with Crippen LogP contribution in [0.25, 0.3) is 0 Å². The van der Waals surface area contributed by atoms with Crippen molar-refractivity contribution >= 4 is 23.2 Å². The minimum absolute atomic E-state index is 0.0147. The number of nitrogens with zero attached hydrogens (tertiary/aromatic N) is 2. The molecule has 0 unspecified atom stereocenters. The summed E-state index contributed by atoms with van der Waals surface area (Å²) in [4.78, 5) is 22.6. The smallest absolute Gasteiger partial charge is 0.239 e. The van der Waals surface area contributed by atoms with E-state index in [-0.39, 0.29) is 12.5 Å². The van der Waals surface area contributed by atoms with Gasteiger partial charge in [-0.2, -0.15) is 5.10 Å². The fourth-order valence-corrected chi connectivity index (χ4v) is 1.90. The van der Waals surface area contributed by atoms with Crippen molar-refractivity contribution in [2.75, 3.05) is 11.1 Å². The Morgan fingerprint density at radius 3 is 2.86 bits per heavy atom. The van der Waals surface area contributed by atoms with E-state index in [0.717, 1.165) is 5.56 Å². The summed E-state index contributed by atoms with van der Waals surface area (Å²) in [6.45, 7) is -0.0147. The van der Waals surface area contributed by atoms with E-state index in [0.29, 0.717) is 24.2 Å². The molecular weight excluding hydrogens is 270 g/mol. The molecule has 2 aromatic rings. The summed E-state index contributed by atoms with van der Waals surface area (Å²) in [5.74, 6) is -0.617. The largest absolute Gasteiger partial charge is 0.399 e. The van der Waals surface area contributed by atoms with E-state index in [1.54, 1.807) is 12.3 Å². The number of nitrogens with one attached hydrogen (secondary N) is 1. The van der Waals surface area contributed by atoms with Crippen LogP contribution in [0.5, 0.6) is 0 Å².